The quantitative estimate of drug-likeness (QED) is 0.741. The first kappa shape index (κ1) is 17.8. The number of carbonyl (C=O) groups excluding carboxylic acids is 1. The van der Waals surface area contributed by atoms with Crippen molar-refractivity contribution in [2.45, 2.75) is 33.1 Å². The topological polar surface area (TPSA) is 29.5 Å². The van der Waals surface area contributed by atoms with Crippen molar-refractivity contribution in [3.05, 3.63) is 58.1 Å². The summed E-state index contributed by atoms with van der Waals surface area (Å²) in [5, 5.41) is 0.742. The van der Waals surface area contributed by atoms with E-state index < -0.39 is 0 Å². The maximum absolute atomic E-state index is 12.9. The molecule has 0 aromatic heterocycles. The average Bonchev–Trinajstić information content (AvgIpc) is 2.60. The van der Waals surface area contributed by atoms with Crippen LogP contribution in [0.1, 0.15) is 41.8 Å². The second kappa shape index (κ2) is 7.49. The minimum atomic E-state index is 0.0231. The van der Waals surface area contributed by atoms with Gasteiger partial charge in [0.25, 0.3) is 5.91 Å². The zero-order chi connectivity index (χ0) is 18.0. The average molecular weight is 358 g/mol. The van der Waals surface area contributed by atoms with Crippen LogP contribution in [0, 0.1) is 5.92 Å². The van der Waals surface area contributed by atoms with Gasteiger partial charge in [-0.3, -0.25) is 4.79 Å². The Hall–Kier alpha value is -2.00. The van der Waals surface area contributed by atoms with Gasteiger partial charge in [-0.15, -0.1) is 0 Å². The third-order valence-corrected chi connectivity index (χ3v) is 5.08. The number of carbonyl (C=O) groups is 1. The molecule has 25 heavy (non-hydrogen) atoms. The van der Waals surface area contributed by atoms with E-state index in [0.29, 0.717) is 12.5 Å². The van der Waals surface area contributed by atoms with Gasteiger partial charge < -0.3 is 9.64 Å². The van der Waals surface area contributed by atoms with E-state index in [1.807, 2.05) is 35.2 Å². The van der Waals surface area contributed by atoms with E-state index in [1.165, 1.54) is 0 Å². The summed E-state index contributed by atoms with van der Waals surface area (Å²) in [6.45, 7) is 5.07. The number of amides is 1. The van der Waals surface area contributed by atoms with E-state index in [9.17, 15) is 4.79 Å². The molecular formula is C21H24ClNO2. The minimum Gasteiger partial charge on any atom is -0.497 e. The van der Waals surface area contributed by atoms with Crippen molar-refractivity contribution in [3.63, 3.8) is 0 Å². The number of anilines is 1. The number of fused-ring (bicyclic) bond motifs is 1. The summed E-state index contributed by atoms with van der Waals surface area (Å²) in [6, 6.07) is 11.6. The first-order valence-electron chi connectivity index (χ1n) is 8.77. The molecule has 0 unspecified atom stereocenters. The molecule has 0 fully saturated rings. The number of ether oxygens (including phenoxy) is 1. The maximum atomic E-state index is 12.9. The predicted molar refractivity (Wildman–Crippen MR) is 103 cm³/mol. The van der Waals surface area contributed by atoms with Crippen molar-refractivity contribution in [3.8, 4) is 5.75 Å². The first-order chi connectivity index (χ1) is 12.0. The molecule has 3 nitrogen and oxygen atoms in total. The molecule has 0 radical (unpaired) electrons. The summed E-state index contributed by atoms with van der Waals surface area (Å²) in [5.41, 5.74) is 3.80. The Morgan fingerprint density at radius 3 is 2.68 bits per heavy atom. The van der Waals surface area contributed by atoms with Crippen LogP contribution in [0.25, 0.3) is 0 Å². The van der Waals surface area contributed by atoms with E-state index in [-0.39, 0.29) is 5.91 Å². The molecule has 2 aromatic rings. The molecule has 0 saturated carbocycles. The fourth-order valence-electron chi connectivity index (χ4n) is 3.19. The number of benzene rings is 2. The molecule has 1 aliphatic rings. The third-order valence-electron chi connectivity index (χ3n) is 4.73. The number of rotatable bonds is 5. The van der Waals surface area contributed by atoms with Crippen molar-refractivity contribution >= 4 is 23.2 Å². The Balaban J connectivity index is 1.82. The highest BCUT2D eigenvalue weighted by Gasteiger charge is 2.26. The molecule has 0 saturated heterocycles. The summed E-state index contributed by atoms with van der Waals surface area (Å²) in [7, 11) is 1.64. The van der Waals surface area contributed by atoms with Crippen molar-refractivity contribution in [1.29, 1.82) is 0 Å². The second-order valence-corrected chi connectivity index (χ2v) is 7.35. The lowest BCUT2D eigenvalue weighted by Crippen LogP contribution is -2.37. The van der Waals surface area contributed by atoms with Gasteiger partial charge in [-0.2, -0.15) is 0 Å². The third kappa shape index (κ3) is 3.82. The SMILES string of the molecule is COc1ccc2c(c1)CCN(c1ccc(CCC(C)C)c(Cl)c1)C2=O. The largest absolute Gasteiger partial charge is 0.497 e. The number of nitrogens with zero attached hydrogens (tertiary/aromatic N) is 1. The standard InChI is InChI=1S/C21H24ClNO2/c1-14(2)4-5-15-6-7-17(13-20(15)22)23-11-10-16-12-18(25-3)8-9-19(16)21(23)24/h6-9,12-14H,4-5,10-11H2,1-3H3. The Labute approximate surface area is 154 Å². The fourth-order valence-corrected chi connectivity index (χ4v) is 3.46. The van der Waals surface area contributed by atoms with Crippen molar-refractivity contribution in [2.75, 3.05) is 18.6 Å². The van der Waals surface area contributed by atoms with Crippen molar-refractivity contribution in [1.82, 2.24) is 0 Å². The summed E-state index contributed by atoms with van der Waals surface area (Å²) in [5.74, 6) is 1.46. The molecule has 0 atom stereocenters. The molecule has 4 heteroatoms. The van der Waals surface area contributed by atoms with Crippen LogP contribution in [0.5, 0.6) is 5.75 Å². The summed E-state index contributed by atoms with van der Waals surface area (Å²) >= 11 is 6.47. The van der Waals surface area contributed by atoms with Crippen molar-refractivity contribution < 1.29 is 9.53 Å². The highest BCUT2D eigenvalue weighted by atomic mass is 35.5. The highest BCUT2D eigenvalue weighted by Crippen LogP contribution is 2.30. The van der Waals surface area contributed by atoms with Crippen LogP contribution in [0.3, 0.4) is 0 Å². The Bertz CT molecular complexity index is 785. The molecule has 1 heterocycles. The molecular weight excluding hydrogens is 334 g/mol. The first-order valence-corrected chi connectivity index (χ1v) is 9.14. The van der Waals surface area contributed by atoms with Gasteiger partial charge in [0.05, 0.1) is 7.11 Å². The Morgan fingerprint density at radius 1 is 1.20 bits per heavy atom. The van der Waals surface area contributed by atoms with Crippen LogP contribution in [0.2, 0.25) is 5.02 Å². The summed E-state index contributed by atoms with van der Waals surface area (Å²) < 4.78 is 5.25. The van der Waals surface area contributed by atoms with Gasteiger partial charge in [0.1, 0.15) is 5.75 Å². The van der Waals surface area contributed by atoms with Gasteiger partial charge in [0.15, 0.2) is 0 Å². The van der Waals surface area contributed by atoms with E-state index in [0.717, 1.165) is 52.4 Å². The number of aryl methyl sites for hydroxylation is 1. The fraction of sp³-hybridized carbons (Fsp3) is 0.381. The Kier molecular flexibility index (Phi) is 5.33. The molecule has 0 bridgehead atoms. The number of halogens is 1. The smallest absolute Gasteiger partial charge is 0.258 e. The van der Waals surface area contributed by atoms with Crippen LogP contribution in [-0.4, -0.2) is 19.6 Å². The summed E-state index contributed by atoms with van der Waals surface area (Å²) in [6.07, 6.45) is 2.88. The minimum absolute atomic E-state index is 0.0231. The normalized spacial score (nSPS) is 14.0. The molecule has 0 aliphatic carbocycles. The zero-order valence-corrected chi connectivity index (χ0v) is 15.8. The van der Waals surface area contributed by atoms with E-state index in [4.69, 9.17) is 16.3 Å². The molecule has 2 aromatic carbocycles. The van der Waals surface area contributed by atoms with E-state index >= 15 is 0 Å². The summed E-state index contributed by atoms with van der Waals surface area (Å²) in [4.78, 5) is 14.7. The van der Waals surface area contributed by atoms with Crippen LogP contribution in [-0.2, 0) is 12.8 Å². The predicted octanol–water partition coefficient (Wildman–Crippen LogP) is 5.14. The van der Waals surface area contributed by atoms with E-state index in [2.05, 4.69) is 19.9 Å². The highest BCUT2D eigenvalue weighted by molar-refractivity contribution is 6.31. The number of methoxy groups -OCH3 is 1. The molecule has 1 amide bonds. The zero-order valence-electron chi connectivity index (χ0n) is 15.0. The lowest BCUT2D eigenvalue weighted by Gasteiger charge is -2.29. The van der Waals surface area contributed by atoms with Gasteiger partial charge in [0.2, 0.25) is 0 Å². The second-order valence-electron chi connectivity index (χ2n) is 6.94. The maximum Gasteiger partial charge on any atom is 0.258 e. The van der Waals surface area contributed by atoms with Crippen LogP contribution >= 0.6 is 11.6 Å². The van der Waals surface area contributed by atoms with Gasteiger partial charge >= 0.3 is 0 Å². The monoisotopic (exact) mass is 357 g/mol. The van der Waals surface area contributed by atoms with E-state index in [1.54, 1.807) is 7.11 Å². The number of hydrogen-bond acceptors (Lipinski definition) is 2. The van der Waals surface area contributed by atoms with Gasteiger partial charge in [-0.05, 0) is 66.6 Å². The van der Waals surface area contributed by atoms with Gasteiger partial charge in [0, 0.05) is 22.8 Å². The van der Waals surface area contributed by atoms with Gasteiger partial charge in [-0.25, -0.2) is 0 Å². The Morgan fingerprint density at radius 2 is 2.00 bits per heavy atom. The molecule has 132 valence electrons. The lowest BCUT2D eigenvalue weighted by atomic mass is 9.97. The molecule has 0 spiro atoms. The lowest BCUT2D eigenvalue weighted by molar-refractivity contribution is 0.0980. The molecule has 0 N–H and O–H groups in total. The van der Waals surface area contributed by atoms with Crippen LogP contribution in [0.4, 0.5) is 5.69 Å². The van der Waals surface area contributed by atoms with Crippen LogP contribution in [0.15, 0.2) is 36.4 Å². The van der Waals surface area contributed by atoms with Gasteiger partial charge in [-0.1, -0.05) is 31.5 Å². The number of hydrogen-bond donors (Lipinski definition) is 0. The van der Waals surface area contributed by atoms with Crippen molar-refractivity contribution in [2.24, 2.45) is 5.92 Å². The van der Waals surface area contributed by atoms with Crippen LogP contribution < -0.4 is 9.64 Å². The molecule has 1 aliphatic heterocycles. The molecule has 3 rings (SSSR count).